The van der Waals surface area contributed by atoms with Crippen molar-refractivity contribution in [3.05, 3.63) is 106 Å². The SMILES string of the molecule is Cn1c2c(c3ccccc31)CC(CSc1cccc(/C=C/C(=O)NO)c1)N(C(=O)OC(C)(C)C)C2c1cccc(Cl)c1. The van der Waals surface area contributed by atoms with E-state index in [0.717, 1.165) is 27.2 Å². The van der Waals surface area contributed by atoms with Gasteiger partial charge in [0.25, 0.3) is 5.91 Å². The third-order valence-electron chi connectivity index (χ3n) is 7.24. The highest BCUT2D eigenvalue weighted by atomic mass is 35.5. The predicted molar refractivity (Wildman–Crippen MR) is 168 cm³/mol. The smallest absolute Gasteiger partial charge is 0.411 e. The number of carbonyl (C=O) groups is 2. The van der Waals surface area contributed by atoms with Crippen LogP contribution in [0.2, 0.25) is 5.02 Å². The molecule has 218 valence electrons. The van der Waals surface area contributed by atoms with E-state index < -0.39 is 17.6 Å². The number of aryl methyl sites for hydroxylation is 1. The number of fused-ring (bicyclic) bond motifs is 3. The lowest BCUT2D eigenvalue weighted by molar-refractivity contribution is -0.124. The fourth-order valence-electron chi connectivity index (χ4n) is 5.54. The third-order valence-corrected chi connectivity index (χ3v) is 8.61. The van der Waals surface area contributed by atoms with E-state index in [2.05, 4.69) is 29.8 Å². The van der Waals surface area contributed by atoms with Gasteiger partial charge in [-0.2, -0.15) is 0 Å². The number of hydrogen-bond acceptors (Lipinski definition) is 5. The number of thioether (sulfide) groups is 1. The highest BCUT2D eigenvalue weighted by molar-refractivity contribution is 7.99. The van der Waals surface area contributed by atoms with Gasteiger partial charge in [0.05, 0.1) is 0 Å². The summed E-state index contributed by atoms with van der Waals surface area (Å²) in [6.07, 6.45) is 3.20. The molecule has 1 aromatic heterocycles. The second kappa shape index (κ2) is 12.3. The van der Waals surface area contributed by atoms with Gasteiger partial charge in [-0.15, -0.1) is 11.8 Å². The minimum atomic E-state index is -0.672. The number of benzene rings is 3. The largest absolute Gasteiger partial charge is 0.444 e. The zero-order chi connectivity index (χ0) is 30.0. The maximum atomic E-state index is 14.1. The van der Waals surface area contributed by atoms with Crippen molar-refractivity contribution in [1.82, 2.24) is 14.9 Å². The number of carbonyl (C=O) groups excluding carboxylic acids is 2. The second-order valence-corrected chi connectivity index (χ2v) is 12.9. The van der Waals surface area contributed by atoms with Gasteiger partial charge < -0.3 is 9.30 Å². The topological polar surface area (TPSA) is 83.8 Å². The van der Waals surface area contributed by atoms with Crippen LogP contribution in [-0.4, -0.2) is 44.1 Å². The number of rotatable bonds is 6. The van der Waals surface area contributed by atoms with Crippen LogP contribution in [0.15, 0.2) is 83.8 Å². The molecule has 0 bridgehead atoms. The Morgan fingerprint density at radius 1 is 1.10 bits per heavy atom. The average Bonchev–Trinajstić information content (AvgIpc) is 3.24. The molecule has 0 radical (unpaired) electrons. The Morgan fingerprint density at radius 3 is 2.60 bits per heavy atom. The molecule has 0 saturated heterocycles. The van der Waals surface area contributed by atoms with Gasteiger partial charge in [-0.3, -0.25) is 14.9 Å². The molecule has 0 spiro atoms. The summed E-state index contributed by atoms with van der Waals surface area (Å²) in [5.41, 5.74) is 6.06. The summed E-state index contributed by atoms with van der Waals surface area (Å²) in [7, 11) is 2.05. The van der Waals surface area contributed by atoms with E-state index in [1.165, 1.54) is 17.0 Å². The van der Waals surface area contributed by atoms with Crippen molar-refractivity contribution in [1.29, 1.82) is 0 Å². The molecule has 9 heteroatoms. The maximum absolute atomic E-state index is 14.1. The van der Waals surface area contributed by atoms with E-state index >= 15 is 0 Å². The van der Waals surface area contributed by atoms with Crippen LogP contribution in [0.5, 0.6) is 0 Å². The van der Waals surface area contributed by atoms with Crippen LogP contribution in [0.1, 0.15) is 49.2 Å². The Kier molecular flexibility index (Phi) is 8.68. The number of para-hydroxylation sites is 1. The van der Waals surface area contributed by atoms with Crippen LogP contribution < -0.4 is 5.48 Å². The fraction of sp³-hybridized carbons (Fsp3) is 0.273. The van der Waals surface area contributed by atoms with Gasteiger partial charge in [-0.05, 0) is 80.3 Å². The molecular weight excluding hydrogens is 570 g/mol. The Hall–Kier alpha value is -3.72. The highest BCUT2D eigenvalue weighted by Gasteiger charge is 2.43. The van der Waals surface area contributed by atoms with Crippen molar-refractivity contribution in [2.24, 2.45) is 7.05 Å². The van der Waals surface area contributed by atoms with Gasteiger partial charge in [0, 0.05) is 51.4 Å². The first kappa shape index (κ1) is 29.8. The lowest BCUT2D eigenvalue weighted by Crippen LogP contribution is -2.51. The zero-order valence-corrected chi connectivity index (χ0v) is 25.6. The molecule has 4 aromatic rings. The number of hydroxylamine groups is 1. The Morgan fingerprint density at radius 2 is 1.86 bits per heavy atom. The summed E-state index contributed by atoms with van der Waals surface area (Å²) in [5.74, 6) is 0.0182. The van der Waals surface area contributed by atoms with Crippen molar-refractivity contribution < 1.29 is 19.5 Å². The molecule has 0 aliphatic carbocycles. The number of halogens is 1. The van der Waals surface area contributed by atoms with Crippen LogP contribution in [0.3, 0.4) is 0 Å². The minimum absolute atomic E-state index is 0.188. The third kappa shape index (κ3) is 6.36. The Labute approximate surface area is 255 Å². The van der Waals surface area contributed by atoms with E-state index in [-0.39, 0.29) is 12.1 Å². The normalized spacial score (nSPS) is 17.0. The molecule has 7 nitrogen and oxygen atoms in total. The summed E-state index contributed by atoms with van der Waals surface area (Å²) in [6, 6.07) is 23.2. The summed E-state index contributed by atoms with van der Waals surface area (Å²) in [4.78, 5) is 28.4. The van der Waals surface area contributed by atoms with E-state index in [9.17, 15) is 9.59 Å². The summed E-state index contributed by atoms with van der Waals surface area (Å²) in [6.45, 7) is 5.64. The molecule has 2 unspecified atom stereocenters. The minimum Gasteiger partial charge on any atom is -0.444 e. The van der Waals surface area contributed by atoms with E-state index in [0.29, 0.717) is 17.2 Å². The van der Waals surface area contributed by atoms with Crippen LogP contribution in [-0.2, 0) is 23.0 Å². The van der Waals surface area contributed by atoms with E-state index in [1.807, 2.05) is 80.3 Å². The quantitative estimate of drug-likeness (QED) is 0.104. The molecule has 1 aliphatic heterocycles. The first-order chi connectivity index (χ1) is 20.1. The number of amides is 2. The first-order valence-corrected chi connectivity index (χ1v) is 15.1. The molecule has 2 atom stereocenters. The summed E-state index contributed by atoms with van der Waals surface area (Å²) in [5, 5.41) is 10.6. The molecule has 5 rings (SSSR count). The second-order valence-electron chi connectivity index (χ2n) is 11.3. The van der Waals surface area contributed by atoms with Crippen molar-refractivity contribution >= 4 is 52.3 Å². The number of nitrogens with zero attached hydrogens (tertiary/aromatic N) is 2. The van der Waals surface area contributed by atoms with Crippen molar-refractivity contribution in [3.8, 4) is 0 Å². The fourth-order valence-corrected chi connectivity index (χ4v) is 6.80. The van der Waals surface area contributed by atoms with Crippen molar-refractivity contribution in [2.75, 3.05) is 5.75 Å². The molecule has 3 aromatic carbocycles. The van der Waals surface area contributed by atoms with Crippen LogP contribution in [0.25, 0.3) is 17.0 Å². The molecule has 2 heterocycles. The zero-order valence-electron chi connectivity index (χ0n) is 24.0. The molecular formula is C33H34ClN3O4S. The number of hydrogen-bond donors (Lipinski definition) is 2. The van der Waals surface area contributed by atoms with Crippen LogP contribution in [0, 0.1) is 0 Å². The number of aromatic nitrogens is 1. The lowest BCUT2D eigenvalue weighted by atomic mass is 9.88. The van der Waals surface area contributed by atoms with E-state index in [1.54, 1.807) is 23.3 Å². The van der Waals surface area contributed by atoms with Crippen LogP contribution >= 0.6 is 23.4 Å². The molecule has 42 heavy (non-hydrogen) atoms. The number of nitrogens with one attached hydrogen (secondary N) is 1. The Balaban J connectivity index is 1.58. The van der Waals surface area contributed by atoms with Gasteiger partial charge in [-0.1, -0.05) is 54.1 Å². The van der Waals surface area contributed by atoms with Gasteiger partial charge in [0.15, 0.2) is 0 Å². The van der Waals surface area contributed by atoms with E-state index in [4.69, 9.17) is 21.5 Å². The summed E-state index contributed by atoms with van der Waals surface area (Å²) < 4.78 is 8.21. The van der Waals surface area contributed by atoms with Crippen molar-refractivity contribution in [2.45, 2.75) is 49.8 Å². The standard InChI is InChI=1S/C33H34ClN3O4S/c1-33(2,3)41-32(39)37-24(20-42-25-12-7-9-21(17-25)15-16-29(38)35-40)19-27-26-13-5-6-14-28(26)36(4)31(27)30(37)22-10-8-11-23(34)18-22/h5-18,24,30,40H,19-20H2,1-4H3,(H,35,38)/b16-15+. The highest BCUT2D eigenvalue weighted by Crippen LogP contribution is 2.44. The van der Waals surface area contributed by atoms with Gasteiger partial charge in [0.1, 0.15) is 11.6 Å². The summed E-state index contributed by atoms with van der Waals surface area (Å²) >= 11 is 8.14. The Bertz CT molecular complexity index is 1660. The molecule has 0 saturated carbocycles. The molecule has 1 aliphatic rings. The van der Waals surface area contributed by atoms with Crippen LogP contribution in [0.4, 0.5) is 4.79 Å². The predicted octanol–water partition coefficient (Wildman–Crippen LogP) is 7.39. The number of ether oxygens (including phenoxy) is 1. The monoisotopic (exact) mass is 603 g/mol. The molecule has 2 N–H and O–H groups in total. The van der Waals surface area contributed by atoms with Gasteiger partial charge in [-0.25, -0.2) is 10.3 Å². The van der Waals surface area contributed by atoms with Crippen molar-refractivity contribution in [3.63, 3.8) is 0 Å². The van der Waals surface area contributed by atoms with Gasteiger partial charge >= 0.3 is 6.09 Å². The maximum Gasteiger partial charge on any atom is 0.411 e. The lowest BCUT2D eigenvalue weighted by Gasteiger charge is -2.43. The first-order valence-electron chi connectivity index (χ1n) is 13.7. The average molecular weight is 604 g/mol. The van der Waals surface area contributed by atoms with Gasteiger partial charge in [0.2, 0.25) is 0 Å². The molecule has 0 fully saturated rings. The molecule has 2 amide bonds.